The van der Waals surface area contributed by atoms with Crippen LogP contribution in [0.25, 0.3) is 6.08 Å². The van der Waals surface area contributed by atoms with Crippen molar-refractivity contribution < 1.29 is 19.1 Å². The molecule has 0 atom stereocenters. The minimum atomic E-state index is -0.313. The number of ether oxygens (including phenoxy) is 2. The monoisotopic (exact) mass is 518 g/mol. The number of nitrogens with one attached hydrogen (secondary N) is 1. The molecule has 0 spiro atoms. The van der Waals surface area contributed by atoms with Gasteiger partial charge in [-0.1, -0.05) is 53.3 Å². The number of hydrogen-bond donors (Lipinski definition) is 1. The number of hydrogen-bond acceptors (Lipinski definition) is 6. The van der Waals surface area contributed by atoms with Crippen LogP contribution in [0.5, 0.6) is 11.5 Å². The zero-order chi connectivity index (χ0) is 25.0. The summed E-state index contributed by atoms with van der Waals surface area (Å²) in [7, 11) is 0. The normalized spacial score (nSPS) is 14.8. The van der Waals surface area contributed by atoms with Crippen LogP contribution in [0.2, 0.25) is 5.02 Å². The Kier molecular flexibility index (Phi) is 8.62. The first kappa shape index (κ1) is 26.1. The van der Waals surface area contributed by atoms with Crippen molar-refractivity contribution in [3.05, 3.63) is 56.9 Å². The summed E-state index contributed by atoms with van der Waals surface area (Å²) in [6, 6.07) is 9.16. The van der Waals surface area contributed by atoms with Crippen LogP contribution in [-0.4, -0.2) is 40.3 Å². The van der Waals surface area contributed by atoms with Crippen LogP contribution in [-0.2, 0) is 9.59 Å². The summed E-state index contributed by atoms with van der Waals surface area (Å²) in [4.78, 5) is 27.3. The molecule has 0 aliphatic carbocycles. The molecule has 1 saturated heterocycles. The molecule has 34 heavy (non-hydrogen) atoms. The summed E-state index contributed by atoms with van der Waals surface area (Å²) < 4.78 is 12.0. The van der Waals surface area contributed by atoms with Gasteiger partial charge >= 0.3 is 0 Å². The molecule has 0 unspecified atom stereocenters. The van der Waals surface area contributed by atoms with Gasteiger partial charge in [0.2, 0.25) is 0 Å². The number of carbonyl (C=O) groups is 2. The Morgan fingerprint density at radius 3 is 2.59 bits per heavy atom. The second-order valence-corrected chi connectivity index (χ2v) is 10.1. The van der Waals surface area contributed by atoms with Gasteiger partial charge in [0.15, 0.2) is 18.1 Å². The molecular weight excluding hydrogens is 492 g/mol. The van der Waals surface area contributed by atoms with E-state index >= 15 is 0 Å². The molecule has 1 heterocycles. The molecule has 1 N–H and O–H groups in total. The highest BCUT2D eigenvalue weighted by molar-refractivity contribution is 8.26. The third-order valence-electron chi connectivity index (χ3n) is 4.97. The number of nitrogens with zero attached hydrogens (tertiary/aromatic N) is 1. The number of benzene rings is 2. The topological polar surface area (TPSA) is 67.9 Å². The van der Waals surface area contributed by atoms with Gasteiger partial charge in [-0.3, -0.25) is 14.5 Å². The zero-order valence-electron chi connectivity index (χ0n) is 19.7. The minimum Gasteiger partial charge on any atom is -0.490 e. The number of carbonyl (C=O) groups excluding carboxylic acids is 2. The number of aryl methyl sites for hydroxylation is 2. The lowest BCUT2D eigenvalue weighted by Crippen LogP contribution is -2.34. The van der Waals surface area contributed by atoms with E-state index in [1.807, 2.05) is 52.8 Å². The lowest BCUT2D eigenvalue weighted by atomic mass is 10.1. The Labute approximate surface area is 214 Å². The molecule has 180 valence electrons. The number of thioether (sulfide) groups is 1. The molecule has 0 aromatic heterocycles. The second-order valence-electron chi connectivity index (χ2n) is 8.06. The second kappa shape index (κ2) is 11.3. The Morgan fingerprint density at radius 2 is 1.97 bits per heavy atom. The fourth-order valence-electron chi connectivity index (χ4n) is 3.43. The predicted octanol–water partition coefficient (Wildman–Crippen LogP) is 5.98. The highest BCUT2D eigenvalue weighted by Gasteiger charge is 2.33. The van der Waals surface area contributed by atoms with Crippen molar-refractivity contribution >= 4 is 63.5 Å². The van der Waals surface area contributed by atoms with E-state index in [1.54, 1.807) is 23.1 Å². The van der Waals surface area contributed by atoms with E-state index in [4.69, 9.17) is 33.3 Å². The van der Waals surface area contributed by atoms with Gasteiger partial charge in [0.25, 0.3) is 11.8 Å². The molecule has 9 heteroatoms. The molecule has 0 saturated carbocycles. The van der Waals surface area contributed by atoms with E-state index in [-0.39, 0.29) is 35.2 Å². The van der Waals surface area contributed by atoms with E-state index in [1.165, 1.54) is 11.8 Å². The van der Waals surface area contributed by atoms with Crippen molar-refractivity contribution in [2.75, 3.05) is 18.5 Å². The van der Waals surface area contributed by atoms with Crippen molar-refractivity contribution in [2.45, 2.75) is 40.7 Å². The summed E-state index contributed by atoms with van der Waals surface area (Å²) in [5, 5.41) is 3.12. The van der Waals surface area contributed by atoms with Gasteiger partial charge < -0.3 is 14.8 Å². The SMILES string of the molecule is CCOc1cc(/C=C2\SC(=S)N(C(C)C)C2=O)cc(Cl)c1OCC(=O)Nc1ccc(C)cc1C. The Hall–Kier alpha value is -2.55. The highest BCUT2D eigenvalue weighted by atomic mass is 35.5. The molecule has 1 fully saturated rings. The third-order valence-corrected chi connectivity index (χ3v) is 6.58. The number of anilines is 1. The summed E-state index contributed by atoms with van der Waals surface area (Å²) in [6.45, 7) is 9.74. The van der Waals surface area contributed by atoms with E-state index in [0.717, 1.165) is 16.8 Å². The summed E-state index contributed by atoms with van der Waals surface area (Å²) in [6.07, 6.45) is 1.73. The van der Waals surface area contributed by atoms with Gasteiger partial charge in [0.1, 0.15) is 4.32 Å². The molecular formula is C25H27ClN2O4S2. The van der Waals surface area contributed by atoms with Crippen LogP contribution in [0, 0.1) is 13.8 Å². The maximum absolute atomic E-state index is 12.7. The smallest absolute Gasteiger partial charge is 0.266 e. The number of amides is 2. The molecule has 1 aliphatic heterocycles. The van der Waals surface area contributed by atoms with Crippen LogP contribution in [0.1, 0.15) is 37.5 Å². The largest absolute Gasteiger partial charge is 0.490 e. The molecule has 2 amide bonds. The van der Waals surface area contributed by atoms with Gasteiger partial charge in [0, 0.05) is 11.7 Å². The average molecular weight is 519 g/mol. The van der Waals surface area contributed by atoms with Gasteiger partial charge in [-0.2, -0.15) is 0 Å². The first-order valence-electron chi connectivity index (χ1n) is 10.8. The van der Waals surface area contributed by atoms with E-state index in [2.05, 4.69) is 5.32 Å². The molecule has 6 nitrogen and oxygen atoms in total. The molecule has 0 radical (unpaired) electrons. The van der Waals surface area contributed by atoms with Crippen LogP contribution >= 0.6 is 35.6 Å². The number of halogens is 1. The molecule has 3 rings (SSSR count). The Bertz CT molecular complexity index is 1160. The number of thiocarbonyl (C=S) groups is 1. The molecule has 2 aromatic carbocycles. The molecule has 2 aromatic rings. The average Bonchev–Trinajstić information content (AvgIpc) is 3.02. The van der Waals surface area contributed by atoms with Crippen LogP contribution in [0.15, 0.2) is 35.2 Å². The van der Waals surface area contributed by atoms with Gasteiger partial charge in [-0.25, -0.2) is 0 Å². The van der Waals surface area contributed by atoms with Gasteiger partial charge in [-0.15, -0.1) is 0 Å². The van der Waals surface area contributed by atoms with Crippen molar-refractivity contribution in [1.29, 1.82) is 0 Å². The predicted molar refractivity (Wildman–Crippen MR) is 143 cm³/mol. The third kappa shape index (κ3) is 6.11. The van der Waals surface area contributed by atoms with Crippen LogP contribution in [0.4, 0.5) is 5.69 Å². The number of rotatable bonds is 8. The minimum absolute atomic E-state index is 0.0217. The van der Waals surface area contributed by atoms with Crippen LogP contribution < -0.4 is 14.8 Å². The lowest BCUT2D eigenvalue weighted by molar-refractivity contribution is -0.123. The molecule has 0 bridgehead atoms. The maximum Gasteiger partial charge on any atom is 0.266 e. The first-order chi connectivity index (χ1) is 16.1. The lowest BCUT2D eigenvalue weighted by Gasteiger charge is -2.18. The fourth-order valence-corrected chi connectivity index (χ4v) is 5.23. The quantitative estimate of drug-likeness (QED) is 0.342. The first-order valence-corrected chi connectivity index (χ1v) is 12.4. The summed E-state index contributed by atoms with van der Waals surface area (Å²) in [5.41, 5.74) is 3.48. The van der Waals surface area contributed by atoms with Crippen LogP contribution in [0.3, 0.4) is 0 Å². The van der Waals surface area contributed by atoms with Gasteiger partial charge in [0.05, 0.1) is 16.5 Å². The van der Waals surface area contributed by atoms with Crippen molar-refractivity contribution in [2.24, 2.45) is 0 Å². The fraction of sp³-hybridized carbons (Fsp3) is 0.320. The van der Waals surface area contributed by atoms with E-state index < -0.39 is 0 Å². The standard InChI is InChI=1S/C25H27ClN2O4S2/c1-6-31-20-11-17(12-21-24(30)28(14(2)3)25(33)34-21)10-18(26)23(20)32-13-22(29)27-19-8-7-15(4)9-16(19)5/h7-12,14H,6,13H2,1-5H3,(H,27,29)/b21-12-. The Balaban J connectivity index is 1.78. The zero-order valence-corrected chi connectivity index (χ0v) is 22.1. The van der Waals surface area contributed by atoms with Crippen molar-refractivity contribution in [3.63, 3.8) is 0 Å². The highest BCUT2D eigenvalue weighted by Crippen LogP contribution is 2.39. The van der Waals surface area contributed by atoms with E-state index in [0.29, 0.717) is 27.1 Å². The van der Waals surface area contributed by atoms with Crippen molar-refractivity contribution in [3.8, 4) is 11.5 Å². The van der Waals surface area contributed by atoms with Gasteiger partial charge in [-0.05, 0) is 70.0 Å². The van der Waals surface area contributed by atoms with Crippen molar-refractivity contribution in [1.82, 2.24) is 4.90 Å². The summed E-state index contributed by atoms with van der Waals surface area (Å²) in [5.74, 6) is 0.209. The maximum atomic E-state index is 12.7. The summed E-state index contributed by atoms with van der Waals surface area (Å²) >= 11 is 13.1. The Morgan fingerprint density at radius 1 is 1.24 bits per heavy atom. The van der Waals surface area contributed by atoms with E-state index in [9.17, 15) is 9.59 Å². The molecule has 1 aliphatic rings.